The van der Waals surface area contributed by atoms with Crippen molar-refractivity contribution in [3.8, 4) is 0 Å². The number of benzene rings is 1. The number of nitrogens with one attached hydrogen (secondary N) is 2. The molecule has 0 bridgehead atoms. The number of hydrogen-bond acceptors (Lipinski definition) is 5. The van der Waals surface area contributed by atoms with E-state index in [9.17, 15) is 9.59 Å². The van der Waals surface area contributed by atoms with Gasteiger partial charge in [-0.3, -0.25) is 9.59 Å². The first kappa shape index (κ1) is 30.5. The molecule has 1 aromatic rings. The molecule has 0 aliphatic heterocycles. The van der Waals surface area contributed by atoms with Gasteiger partial charge in [-0.1, -0.05) is 46.5 Å². The standard InChI is InChI=1S/C27H46N2O4S/c1-4-7-9-10-18-32-19-11-12-20-33-21-13-14-26(30)29-24-22-23(15-16-25(24)34-6-3)27(31)28-17-8-5-2/h15-16,22H,4-14,17-21H2,1-3H3,(H,28,31)(H,29,30). The van der Waals surface area contributed by atoms with Crippen LogP contribution in [-0.2, 0) is 14.3 Å². The summed E-state index contributed by atoms with van der Waals surface area (Å²) in [6, 6.07) is 5.51. The van der Waals surface area contributed by atoms with Gasteiger partial charge in [0.2, 0.25) is 5.91 Å². The van der Waals surface area contributed by atoms with E-state index in [4.69, 9.17) is 9.47 Å². The van der Waals surface area contributed by atoms with Gasteiger partial charge in [-0.15, -0.1) is 11.8 Å². The molecule has 0 aromatic heterocycles. The fourth-order valence-corrected chi connectivity index (χ4v) is 4.06. The largest absolute Gasteiger partial charge is 0.381 e. The summed E-state index contributed by atoms with van der Waals surface area (Å²) in [6.07, 6.45) is 9.99. The summed E-state index contributed by atoms with van der Waals surface area (Å²) in [5.41, 5.74) is 1.27. The highest BCUT2D eigenvalue weighted by molar-refractivity contribution is 7.99. The SMILES string of the molecule is CCCCCCOCCCCOCCCC(=O)Nc1cc(C(=O)NCCCC)ccc1SCC. The molecule has 1 aromatic carbocycles. The molecule has 0 fully saturated rings. The van der Waals surface area contributed by atoms with Gasteiger partial charge in [-0.25, -0.2) is 0 Å². The molecular formula is C27H46N2O4S. The van der Waals surface area contributed by atoms with Gasteiger partial charge in [0.05, 0.1) is 5.69 Å². The fourth-order valence-electron chi connectivity index (χ4n) is 3.32. The van der Waals surface area contributed by atoms with Gasteiger partial charge in [-0.05, 0) is 56.1 Å². The number of carbonyl (C=O) groups excluding carboxylic acids is 2. The van der Waals surface area contributed by atoms with E-state index in [1.165, 1.54) is 19.3 Å². The van der Waals surface area contributed by atoms with Crippen LogP contribution in [0.3, 0.4) is 0 Å². The molecule has 0 unspecified atom stereocenters. The van der Waals surface area contributed by atoms with E-state index in [0.29, 0.717) is 43.9 Å². The average molecular weight is 495 g/mol. The van der Waals surface area contributed by atoms with Gasteiger partial charge >= 0.3 is 0 Å². The lowest BCUT2D eigenvalue weighted by Crippen LogP contribution is -2.24. The minimum atomic E-state index is -0.104. The van der Waals surface area contributed by atoms with Gasteiger partial charge in [-0.2, -0.15) is 0 Å². The van der Waals surface area contributed by atoms with Gasteiger partial charge in [0.1, 0.15) is 0 Å². The van der Waals surface area contributed by atoms with Crippen molar-refractivity contribution in [1.82, 2.24) is 5.32 Å². The molecule has 0 saturated heterocycles. The van der Waals surface area contributed by atoms with Crippen LogP contribution in [-0.4, -0.2) is 50.5 Å². The summed E-state index contributed by atoms with van der Waals surface area (Å²) in [4.78, 5) is 25.8. The number of anilines is 1. The summed E-state index contributed by atoms with van der Waals surface area (Å²) in [5, 5.41) is 5.92. The van der Waals surface area contributed by atoms with Crippen LogP contribution in [0, 0.1) is 0 Å². The Morgan fingerprint density at radius 2 is 1.47 bits per heavy atom. The molecule has 0 spiro atoms. The molecule has 7 heteroatoms. The van der Waals surface area contributed by atoms with Crippen molar-refractivity contribution in [2.75, 3.05) is 44.0 Å². The first-order chi connectivity index (χ1) is 16.6. The molecule has 194 valence electrons. The van der Waals surface area contributed by atoms with E-state index in [0.717, 1.165) is 56.0 Å². The van der Waals surface area contributed by atoms with Crippen molar-refractivity contribution in [1.29, 1.82) is 0 Å². The number of unbranched alkanes of at least 4 members (excludes halogenated alkanes) is 5. The molecule has 0 heterocycles. The Bertz CT molecular complexity index is 685. The lowest BCUT2D eigenvalue weighted by molar-refractivity contribution is -0.116. The highest BCUT2D eigenvalue weighted by atomic mass is 32.2. The highest BCUT2D eigenvalue weighted by Gasteiger charge is 2.12. The summed E-state index contributed by atoms with van der Waals surface area (Å²) >= 11 is 1.65. The molecule has 2 N–H and O–H groups in total. The maximum Gasteiger partial charge on any atom is 0.251 e. The number of ether oxygens (including phenoxy) is 2. The second kappa shape index (κ2) is 20.8. The number of carbonyl (C=O) groups is 2. The lowest BCUT2D eigenvalue weighted by atomic mass is 10.1. The van der Waals surface area contributed by atoms with Crippen molar-refractivity contribution in [3.05, 3.63) is 23.8 Å². The minimum absolute atomic E-state index is 0.0541. The van der Waals surface area contributed by atoms with E-state index in [-0.39, 0.29) is 11.8 Å². The fraction of sp³-hybridized carbons (Fsp3) is 0.704. The number of rotatable bonds is 21. The molecule has 0 atom stereocenters. The quantitative estimate of drug-likeness (QED) is 0.152. The first-order valence-corrected chi connectivity index (χ1v) is 14.1. The highest BCUT2D eigenvalue weighted by Crippen LogP contribution is 2.28. The van der Waals surface area contributed by atoms with Crippen LogP contribution in [0.2, 0.25) is 0 Å². The Labute approximate surface area is 211 Å². The molecular weight excluding hydrogens is 448 g/mol. The normalized spacial score (nSPS) is 10.9. The molecule has 6 nitrogen and oxygen atoms in total. The molecule has 0 radical (unpaired) electrons. The van der Waals surface area contributed by atoms with E-state index >= 15 is 0 Å². The average Bonchev–Trinajstić information content (AvgIpc) is 2.83. The van der Waals surface area contributed by atoms with Gasteiger partial charge in [0, 0.05) is 49.9 Å². The third-order valence-electron chi connectivity index (χ3n) is 5.29. The van der Waals surface area contributed by atoms with Gasteiger partial charge in [0.25, 0.3) is 5.91 Å². The predicted molar refractivity (Wildman–Crippen MR) is 143 cm³/mol. The van der Waals surface area contributed by atoms with Crippen LogP contribution in [0.4, 0.5) is 5.69 Å². The third-order valence-corrected chi connectivity index (χ3v) is 6.25. The Kier molecular flexibility index (Phi) is 18.6. The van der Waals surface area contributed by atoms with E-state index in [2.05, 4.69) is 31.4 Å². The summed E-state index contributed by atoms with van der Waals surface area (Å²) in [5.74, 6) is 0.733. The van der Waals surface area contributed by atoms with Crippen molar-refractivity contribution < 1.29 is 19.1 Å². The van der Waals surface area contributed by atoms with Crippen molar-refractivity contribution >= 4 is 29.3 Å². The predicted octanol–water partition coefficient (Wildman–Crippen LogP) is 6.44. The van der Waals surface area contributed by atoms with Crippen molar-refractivity contribution in [3.63, 3.8) is 0 Å². The third kappa shape index (κ3) is 14.6. The van der Waals surface area contributed by atoms with Crippen molar-refractivity contribution in [2.24, 2.45) is 0 Å². The van der Waals surface area contributed by atoms with Gasteiger partial charge in [0.15, 0.2) is 0 Å². The number of amides is 2. The molecule has 1 rings (SSSR count). The zero-order valence-electron chi connectivity index (χ0n) is 21.6. The Balaban J connectivity index is 2.26. The maximum atomic E-state index is 12.5. The van der Waals surface area contributed by atoms with Crippen LogP contribution in [0.1, 0.15) is 95.3 Å². The van der Waals surface area contributed by atoms with Gasteiger partial charge < -0.3 is 20.1 Å². The summed E-state index contributed by atoms with van der Waals surface area (Å²) in [6.45, 7) is 9.97. The molecule has 0 aliphatic carbocycles. The molecule has 34 heavy (non-hydrogen) atoms. The maximum absolute atomic E-state index is 12.5. The molecule has 0 aliphatic rings. The number of thioether (sulfide) groups is 1. The van der Waals surface area contributed by atoms with Crippen LogP contribution >= 0.6 is 11.8 Å². The Morgan fingerprint density at radius 3 is 2.12 bits per heavy atom. The van der Waals surface area contributed by atoms with E-state index in [1.54, 1.807) is 17.8 Å². The van der Waals surface area contributed by atoms with Crippen LogP contribution in [0.15, 0.2) is 23.1 Å². The zero-order chi connectivity index (χ0) is 24.9. The second-order valence-corrected chi connectivity index (χ2v) is 9.70. The molecule has 0 saturated carbocycles. The van der Waals surface area contributed by atoms with E-state index < -0.39 is 0 Å². The van der Waals surface area contributed by atoms with Crippen LogP contribution < -0.4 is 10.6 Å². The first-order valence-electron chi connectivity index (χ1n) is 13.1. The number of hydrogen-bond donors (Lipinski definition) is 2. The molecule has 2 amide bonds. The summed E-state index contributed by atoms with van der Waals surface area (Å²) < 4.78 is 11.3. The second-order valence-electron chi connectivity index (χ2n) is 8.40. The monoisotopic (exact) mass is 494 g/mol. The minimum Gasteiger partial charge on any atom is -0.381 e. The van der Waals surface area contributed by atoms with Crippen LogP contribution in [0.25, 0.3) is 0 Å². The Morgan fingerprint density at radius 1 is 0.824 bits per heavy atom. The smallest absolute Gasteiger partial charge is 0.251 e. The van der Waals surface area contributed by atoms with Crippen molar-refractivity contribution in [2.45, 2.75) is 89.9 Å². The lowest BCUT2D eigenvalue weighted by Gasteiger charge is -2.13. The van der Waals surface area contributed by atoms with E-state index in [1.807, 2.05) is 12.1 Å². The zero-order valence-corrected chi connectivity index (χ0v) is 22.4. The van der Waals surface area contributed by atoms with Crippen LogP contribution in [0.5, 0.6) is 0 Å². The topological polar surface area (TPSA) is 76.7 Å². The summed E-state index contributed by atoms with van der Waals surface area (Å²) in [7, 11) is 0. The Hall–Kier alpha value is -1.57.